The molecule has 1 fully saturated rings. The molecule has 0 bridgehead atoms. The van der Waals surface area contributed by atoms with Gasteiger partial charge in [-0.05, 0) is 62.9 Å². The Morgan fingerprint density at radius 2 is 1.83 bits per heavy atom. The third-order valence-electron chi connectivity index (χ3n) is 6.79. The van der Waals surface area contributed by atoms with Crippen molar-refractivity contribution in [1.82, 2.24) is 9.97 Å². The summed E-state index contributed by atoms with van der Waals surface area (Å²) in [5, 5.41) is 20.4. The van der Waals surface area contributed by atoms with Crippen LogP contribution in [0.5, 0.6) is 0 Å². The first kappa shape index (κ1) is 28.3. The molecule has 10 heteroatoms. The molecule has 0 saturated carbocycles. The number of oxazole rings is 1. The number of hydrogen-bond donors (Lipinski definition) is 1. The molecule has 1 saturated heterocycles. The maximum Gasteiger partial charge on any atom is 0.226 e. The van der Waals surface area contributed by atoms with E-state index in [0.717, 1.165) is 18.4 Å². The number of aryl methyl sites for hydroxylation is 2. The Morgan fingerprint density at radius 3 is 2.49 bits per heavy atom. The summed E-state index contributed by atoms with van der Waals surface area (Å²) in [5.74, 6) is 0.328. The van der Waals surface area contributed by atoms with Gasteiger partial charge >= 0.3 is 0 Å². The fourth-order valence-corrected chi connectivity index (χ4v) is 5.70. The smallest absolute Gasteiger partial charge is 0.226 e. The monoisotopic (exact) mass is 569 g/mol. The number of thioether (sulfide) groups is 1. The largest absolute Gasteiger partial charge is 0.441 e. The van der Waals surface area contributed by atoms with E-state index in [2.05, 4.69) is 22.1 Å². The predicted molar refractivity (Wildman–Crippen MR) is 153 cm³/mol. The fraction of sp³-hybridized carbons (Fsp3) is 0.290. The van der Waals surface area contributed by atoms with Crippen molar-refractivity contribution >= 4 is 17.6 Å². The lowest BCUT2D eigenvalue weighted by Gasteiger charge is -2.17. The highest BCUT2D eigenvalue weighted by atomic mass is 32.2. The lowest BCUT2D eigenvalue weighted by Crippen LogP contribution is -2.21. The number of aromatic nitrogens is 2. The van der Waals surface area contributed by atoms with E-state index in [1.54, 1.807) is 19.1 Å². The van der Waals surface area contributed by atoms with Gasteiger partial charge in [-0.1, -0.05) is 42.1 Å². The highest BCUT2D eigenvalue weighted by Crippen LogP contribution is 2.37. The minimum atomic E-state index is -0.553. The minimum Gasteiger partial charge on any atom is -0.441 e. The van der Waals surface area contributed by atoms with Gasteiger partial charge in [0.25, 0.3) is 0 Å². The van der Waals surface area contributed by atoms with Gasteiger partial charge in [0.1, 0.15) is 40.1 Å². The quantitative estimate of drug-likeness (QED) is 0.235. The summed E-state index contributed by atoms with van der Waals surface area (Å²) >= 11 is 1.27. The molecule has 8 nitrogen and oxygen atoms in total. The zero-order chi connectivity index (χ0) is 29.1. The van der Waals surface area contributed by atoms with E-state index >= 15 is 0 Å². The molecule has 4 aromatic rings. The van der Waals surface area contributed by atoms with Gasteiger partial charge in [-0.25, -0.2) is 14.4 Å². The van der Waals surface area contributed by atoms with Crippen LogP contribution in [0.25, 0.3) is 22.6 Å². The standard InChI is InChI=1S/C31H28FN5O3S/c1-18-26(36-29(39-18)21-5-4-6-22(32)13-21)17-41-30-25(15-34)27(24(14-33)28(35)37-30)20-10-7-19(8-11-20)9-12-23-16-38-31(2,3)40-23/h4-8,10-11,13,23H,9,12,16-17H2,1-3H3,(H2,35,37)/t23-/m0/s1. The second-order valence-corrected chi connectivity index (χ2v) is 11.1. The first-order valence-corrected chi connectivity index (χ1v) is 14.1. The summed E-state index contributed by atoms with van der Waals surface area (Å²) in [5.41, 5.74) is 10.0. The first-order valence-electron chi connectivity index (χ1n) is 13.1. The normalized spacial score (nSPS) is 15.9. The third-order valence-corrected chi connectivity index (χ3v) is 7.78. The van der Waals surface area contributed by atoms with Crippen LogP contribution in [0.2, 0.25) is 0 Å². The molecule has 2 aromatic heterocycles. The van der Waals surface area contributed by atoms with E-state index in [4.69, 9.17) is 19.6 Å². The van der Waals surface area contributed by atoms with Gasteiger partial charge in [-0.2, -0.15) is 10.5 Å². The van der Waals surface area contributed by atoms with Crippen LogP contribution in [0.3, 0.4) is 0 Å². The molecule has 0 aliphatic carbocycles. The lowest BCUT2D eigenvalue weighted by atomic mass is 9.95. The number of nitrogens with two attached hydrogens (primary N) is 1. The van der Waals surface area contributed by atoms with E-state index in [1.165, 1.54) is 23.9 Å². The van der Waals surface area contributed by atoms with Crippen molar-refractivity contribution in [2.24, 2.45) is 0 Å². The number of halogens is 1. The molecule has 0 radical (unpaired) electrons. The highest BCUT2D eigenvalue weighted by molar-refractivity contribution is 7.98. The molecule has 1 atom stereocenters. The van der Waals surface area contributed by atoms with Crippen molar-refractivity contribution in [1.29, 1.82) is 10.5 Å². The summed E-state index contributed by atoms with van der Waals surface area (Å²) in [6, 6.07) is 18.1. The van der Waals surface area contributed by atoms with Crippen molar-refractivity contribution < 1.29 is 18.3 Å². The van der Waals surface area contributed by atoms with Gasteiger partial charge in [0.05, 0.1) is 24.0 Å². The van der Waals surface area contributed by atoms with Crippen molar-refractivity contribution in [2.75, 3.05) is 12.3 Å². The number of rotatable bonds is 8. The third kappa shape index (κ3) is 6.26. The Labute approximate surface area is 241 Å². The molecule has 208 valence electrons. The molecule has 3 heterocycles. The SMILES string of the molecule is Cc1oc(-c2cccc(F)c2)nc1CSc1nc(N)c(C#N)c(-c2ccc(CC[C@H]3COC(C)(C)O3)cc2)c1C#N. The zero-order valence-corrected chi connectivity index (χ0v) is 23.7. The number of benzene rings is 2. The first-order chi connectivity index (χ1) is 19.7. The number of ether oxygens (including phenoxy) is 2. The van der Waals surface area contributed by atoms with E-state index in [1.807, 2.05) is 38.1 Å². The molecular weight excluding hydrogens is 541 g/mol. The molecule has 41 heavy (non-hydrogen) atoms. The van der Waals surface area contributed by atoms with E-state index in [9.17, 15) is 14.9 Å². The Balaban J connectivity index is 1.38. The van der Waals surface area contributed by atoms with Gasteiger partial charge in [0.15, 0.2) is 5.79 Å². The van der Waals surface area contributed by atoms with E-state index < -0.39 is 5.79 Å². The van der Waals surface area contributed by atoms with Crippen molar-refractivity contribution in [3.8, 4) is 34.7 Å². The van der Waals surface area contributed by atoms with Crippen LogP contribution in [-0.2, 0) is 21.6 Å². The van der Waals surface area contributed by atoms with Crippen LogP contribution < -0.4 is 5.73 Å². The Bertz CT molecular complexity index is 1670. The van der Waals surface area contributed by atoms with E-state index in [0.29, 0.717) is 51.4 Å². The summed E-state index contributed by atoms with van der Waals surface area (Å²) in [6.45, 7) is 6.16. The molecular formula is C31H28FN5O3S. The Hall–Kier alpha value is -4.22. The Kier molecular flexibility index (Phi) is 8.09. The predicted octanol–water partition coefficient (Wildman–Crippen LogP) is 6.55. The maximum absolute atomic E-state index is 13.7. The minimum absolute atomic E-state index is 0.0398. The number of pyridine rings is 1. The number of nitriles is 2. The van der Waals surface area contributed by atoms with Gasteiger partial charge < -0.3 is 19.6 Å². The number of nitrogens with zero attached hydrogens (tertiary/aromatic N) is 4. The zero-order valence-electron chi connectivity index (χ0n) is 22.9. The van der Waals surface area contributed by atoms with Crippen molar-refractivity contribution in [3.63, 3.8) is 0 Å². The van der Waals surface area contributed by atoms with Gasteiger partial charge in [-0.3, -0.25) is 0 Å². The highest BCUT2D eigenvalue weighted by Gasteiger charge is 2.32. The second kappa shape index (κ2) is 11.7. The number of anilines is 1. The number of hydrogen-bond acceptors (Lipinski definition) is 9. The number of nitrogen functional groups attached to an aromatic ring is 1. The van der Waals surface area contributed by atoms with Crippen LogP contribution >= 0.6 is 11.8 Å². The van der Waals surface area contributed by atoms with Crippen LogP contribution in [0, 0.1) is 35.4 Å². The van der Waals surface area contributed by atoms with Gasteiger partial charge in [-0.15, -0.1) is 0 Å². The second-order valence-electron chi connectivity index (χ2n) is 10.2. The fourth-order valence-electron chi connectivity index (χ4n) is 4.71. The van der Waals surface area contributed by atoms with E-state index in [-0.39, 0.29) is 28.9 Å². The Morgan fingerprint density at radius 1 is 1.07 bits per heavy atom. The molecule has 1 aliphatic rings. The molecule has 1 aliphatic heterocycles. The summed E-state index contributed by atoms with van der Waals surface area (Å²) in [6.07, 6.45) is 1.66. The van der Waals surface area contributed by atoms with Crippen LogP contribution in [0.4, 0.5) is 10.2 Å². The molecule has 0 amide bonds. The summed E-state index contributed by atoms with van der Waals surface area (Å²) < 4.78 is 31.0. The maximum atomic E-state index is 13.7. The molecule has 5 rings (SSSR count). The molecule has 2 N–H and O–H groups in total. The van der Waals surface area contributed by atoms with Crippen molar-refractivity contribution in [2.45, 2.75) is 56.3 Å². The van der Waals surface area contributed by atoms with Gasteiger partial charge in [0.2, 0.25) is 5.89 Å². The molecule has 0 spiro atoms. The average molecular weight is 570 g/mol. The molecule has 0 unspecified atom stereocenters. The van der Waals surface area contributed by atoms with Crippen LogP contribution in [-0.4, -0.2) is 28.5 Å². The average Bonchev–Trinajstić information content (AvgIpc) is 3.51. The van der Waals surface area contributed by atoms with Crippen LogP contribution in [0.1, 0.15) is 48.4 Å². The van der Waals surface area contributed by atoms with Crippen LogP contribution in [0.15, 0.2) is 58.0 Å². The lowest BCUT2D eigenvalue weighted by molar-refractivity contribution is -0.138. The summed E-state index contributed by atoms with van der Waals surface area (Å²) in [7, 11) is 0. The summed E-state index contributed by atoms with van der Waals surface area (Å²) in [4.78, 5) is 8.91. The van der Waals surface area contributed by atoms with Crippen molar-refractivity contribution in [3.05, 3.63) is 82.5 Å². The topological polar surface area (TPSA) is 131 Å². The molecule has 2 aromatic carbocycles. The van der Waals surface area contributed by atoms with Gasteiger partial charge in [0, 0.05) is 16.9 Å².